The van der Waals surface area contributed by atoms with E-state index in [4.69, 9.17) is 5.73 Å². The lowest BCUT2D eigenvalue weighted by Gasteiger charge is -2.01. The molecule has 4 heteroatoms. The monoisotopic (exact) mass is 248 g/mol. The first-order valence-electron chi connectivity index (χ1n) is 5.78. The standard InChI is InChI=1S/C13H16N2OS/c14-7-3-4-8-15-13(16)12-9-10-5-1-2-6-11(10)17-12/h1-2,5-6,9H,3-4,7-8,14H2,(H,15,16). The topological polar surface area (TPSA) is 55.1 Å². The van der Waals surface area contributed by atoms with Crippen molar-refractivity contribution in [1.82, 2.24) is 5.32 Å². The summed E-state index contributed by atoms with van der Waals surface area (Å²) in [6, 6.07) is 9.97. The summed E-state index contributed by atoms with van der Waals surface area (Å²) in [7, 11) is 0. The normalized spacial score (nSPS) is 10.6. The second kappa shape index (κ2) is 5.80. The van der Waals surface area contributed by atoms with E-state index in [2.05, 4.69) is 5.32 Å². The van der Waals surface area contributed by atoms with Crippen molar-refractivity contribution in [3.8, 4) is 0 Å². The van der Waals surface area contributed by atoms with Gasteiger partial charge in [0.1, 0.15) is 0 Å². The summed E-state index contributed by atoms with van der Waals surface area (Å²) in [5.74, 6) is 0.0169. The minimum Gasteiger partial charge on any atom is -0.351 e. The Morgan fingerprint density at radius 1 is 1.29 bits per heavy atom. The molecule has 0 atom stereocenters. The van der Waals surface area contributed by atoms with Crippen LogP contribution in [-0.2, 0) is 0 Å². The summed E-state index contributed by atoms with van der Waals surface area (Å²) >= 11 is 1.53. The van der Waals surface area contributed by atoms with Gasteiger partial charge in [-0.1, -0.05) is 18.2 Å². The van der Waals surface area contributed by atoms with Gasteiger partial charge >= 0.3 is 0 Å². The van der Waals surface area contributed by atoms with Crippen LogP contribution in [0.4, 0.5) is 0 Å². The molecule has 0 radical (unpaired) electrons. The molecule has 2 aromatic rings. The predicted octanol–water partition coefficient (Wildman–Crippen LogP) is 2.37. The number of thiophene rings is 1. The molecule has 1 heterocycles. The van der Waals surface area contributed by atoms with Crippen molar-refractivity contribution in [2.24, 2.45) is 5.73 Å². The van der Waals surface area contributed by atoms with Gasteiger partial charge in [-0.3, -0.25) is 4.79 Å². The zero-order valence-electron chi connectivity index (χ0n) is 9.61. The van der Waals surface area contributed by atoms with E-state index in [1.54, 1.807) is 0 Å². The van der Waals surface area contributed by atoms with Crippen molar-refractivity contribution in [2.75, 3.05) is 13.1 Å². The second-order valence-corrected chi connectivity index (χ2v) is 4.98. The van der Waals surface area contributed by atoms with E-state index in [0.717, 1.165) is 27.8 Å². The third-order valence-corrected chi connectivity index (χ3v) is 3.68. The summed E-state index contributed by atoms with van der Waals surface area (Å²) in [6.45, 7) is 1.38. The summed E-state index contributed by atoms with van der Waals surface area (Å²) in [4.78, 5) is 12.6. The lowest BCUT2D eigenvalue weighted by molar-refractivity contribution is 0.0957. The molecule has 2 rings (SSSR count). The third kappa shape index (κ3) is 3.05. The molecule has 0 spiro atoms. The van der Waals surface area contributed by atoms with E-state index in [1.165, 1.54) is 11.3 Å². The summed E-state index contributed by atoms with van der Waals surface area (Å²) in [5.41, 5.74) is 5.40. The zero-order valence-corrected chi connectivity index (χ0v) is 10.4. The highest BCUT2D eigenvalue weighted by atomic mass is 32.1. The molecule has 17 heavy (non-hydrogen) atoms. The lowest BCUT2D eigenvalue weighted by atomic mass is 10.2. The van der Waals surface area contributed by atoms with Crippen LogP contribution in [0, 0.1) is 0 Å². The molecule has 1 aromatic carbocycles. The van der Waals surface area contributed by atoms with Crippen molar-refractivity contribution >= 4 is 27.3 Å². The highest BCUT2D eigenvalue weighted by Gasteiger charge is 2.08. The van der Waals surface area contributed by atoms with Gasteiger partial charge < -0.3 is 11.1 Å². The van der Waals surface area contributed by atoms with Gasteiger partial charge in [0.2, 0.25) is 0 Å². The van der Waals surface area contributed by atoms with Crippen molar-refractivity contribution in [1.29, 1.82) is 0 Å². The van der Waals surface area contributed by atoms with Gasteiger partial charge in [0.15, 0.2) is 0 Å². The van der Waals surface area contributed by atoms with Crippen LogP contribution in [0.5, 0.6) is 0 Å². The molecule has 1 aromatic heterocycles. The average Bonchev–Trinajstić information content (AvgIpc) is 2.78. The molecule has 0 aliphatic heterocycles. The molecule has 0 saturated carbocycles. The number of amides is 1. The molecule has 0 bridgehead atoms. The molecule has 0 saturated heterocycles. The average molecular weight is 248 g/mol. The smallest absolute Gasteiger partial charge is 0.261 e. The molecule has 3 nitrogen and oxygen atoms in total. The first kappa shape index (κ1) is 12.1. The van der Waals surface area contributed by atoms with Crippen molar-refractivity contribution in [3.05, 3.63) is 35.2 Å². The zero-order chi connectivity index (χ0) is 12.1. The summed E-state index contributed by atoms with van der Waals surface area (Å²) in [6.07, 6.45) is 1.89. The number of hydrogen-bond acceptors (Lipinski definition) is 3. The fourth-order valence-electron chi connectivity index (χ4n) is 1.65. The maximum absolute atomic E-state index is 11.8. The van der Waals surface area contributed by atoms with Crippen LogP contribution in [0.25, 0.3) is 10.1 Å². The summed E-state index contributed by atoms with van der Waals surface area (Å²) < 4.78 is 1.15. The largest absolute Gasteiger partial charge is 0.351 e. The number of nitrogens with one attached hydrogen (secondary N) is 1. The number of carbonyl (C=O) groups excluding carboxylic acids is 1. The minimum atomic E-state index is 0.0169. The molecule has 90 valence electrons. The Hall–Kier alpha value is -1.39. The van der Waals surface area contributed by atoms with Gasteiger partial charge in [-0.15, -0.1) is 11.3 Å². The fraction of sp³-hybridized carbons (Fsp3) is 0.308. The lowest BCUT2D eigenvalue weighted by Crippen LogP contribution is -2.23. The number of hydrogen-bond donors (Lipinski definition) is 2. The molecule has 0 aliphatic rings. The Morgan fingerprint density at radius 2 is 2.12 bits per heavy atom. The van der Waals surface area contributed by atoms with Gasteiger partial charge in [-0.05, 0) is 36.9 Å². The van der Waals surface area contributed by atoms with E-state index in [1.807, 2.05) is 30.3 Å². The highest BCUT2D eigenvalue weighted by Crippen LogP contribution is 2.24. The Balaban J connectivity index is 1.99. The van der Waals surface area contributed by atoms with Gasteiger partial charge in [-0.25, -0.2) is 0 Å². The van der Waals surface area contributed by atoms with Crippen LogP contribution in [-0.4, -0.2) is 19.0 Å². The van der Waals surface area contributed by atoms with Crippen LogP contribution < -0.4 is 11.1 Å². The molecular weight excluding hydrogens is 232 g/mol. The maximum atomic E-state index is 11.8. The molecular formula is C13H16N2OS. The number of unbranched alkanes of at least 4 members (excludes halogenated alkanes) is 1. The second-order valence-electron chi connectivity index (χ2n) is 3.90. The quantitative estimate of drug-likeness (QED) is 0.798. The van der Waals surface area contributed by atoms with Gasteiger partial charge in [0, 0.05) is 11.2 Å². The SMILES string of the molecule is NCCCCNC(=O)c1cc2ccccc2s1. The number of carbonyl (C=O) groups is 1. The highest BCUT2D eigenvalue weighted by molar-refractivity contribution is 7.20. The molecule has 0 aliphatic carbocycles. The molecule has 3 N–H and O–H groups in total. The van der Waals surface area contributed by atoms with E-state index in [-0.39, 0.29) is 5.91 Å². The van der Waals surface area contributed by atoms with Crippen molar-refractivity contribution < 1.29 is 4.79 Å². The van der Waals surface area contributed by atoms with Crippen molar-refractivity contribution in [3.63, 3.8) is 0 Å². The van der Waals surface area contributed by atoms with E-state index in [0.29, 0.717) is 13.1 Å². The van der Waals surface area contributed by atoms with Crippen LogP contribution in [0.3, 0.4) is 0 Å². The van der Waals surface area contributed by atoms with E-state index < -0.39 is 0 Å². The minimum absolute atomic E-state index is 0.0169. The fourth-order valence-corrected chi connectivity index (χ4v) is 2.63. The molecule has 1 amide bonds. The van der Waals surface area contributed by atoms with E-state index in [9.17, 15) is 4.79 Å². The van der Waals surface area contributed by atoms with Gasteiger partial charge in [0.25, 0.3) is 5.91 Å². The van der Waals surface area contributed by atoms with Crippen LogP contribution in [0.15, 0.2) is 30.3 Å². The first-order valence-corrected chi connectivity index (χ1v) is 6.60. The number of benzene rings is 1. The Morgan fingerprint density at radius 3 is 2.88 bits per heavy atom. The molecule has 0 unspecified atom stereocenters. The predicted molar refractivity (Wildman–Crippen MR) is 72.4 cm³/mol. The third-order valence-electron chi connectivity index (χ3n) is 2.57. The van der Waals surface area contributed by atoms with Gasteiger partial charge in [0.05, 0.1) is 4.88 Å². The van der Waals surface area contributed by atoms with Crippen LogP contribution >= 0.6 is 11.3 Å². The number of nitrogens with two attached hydrogens (primary N) is 1. The van der Waals surface area contributed by atoms with Crippen LogP contribution in [0.1, 0.15) is 22.5 Å². The van der Waals surface area contributed by atoms with Crippen molar-refractivity contribution in [2.45, 2.75) is 12.8 Å². The first-order chi connectivity index (χ1) is 8.31. The maximum Gasteiger partial charge on any atom is 0.261 e. The van der Waals surface area contributed by atoms with Crippen LogP contribution in [0.2, 0.25) is 0 Å². The van der Waals surface area contributed by atoms with Gasteiger partial charge in [-0.2, -0.15) is 0 Å². The van der Waals surface area contributed by atoms with E-state index >= 15 is 0 Å². The Bertz CT molecular complexity index is 474. The number of rotatable bonds is 5. The summed E-state index contributed by atoms with van der Waals surface area (Å²) in [5, 5.41) is 4.04. The number of fused-ring (bicyclic) bond motifs is 1. The Labute approximate surface area is 105 Å². The Kier molecular flexibility index (Phi) is 4.12. The molecule has 0 fully saturated rings.